The van der Waals surface area contributed by atoms with Crippen LogP contribution in [-0.4, -0.2) is 32.8 Å². The predicted molar refractivity (Wildman–Crippen MR) is 84.5 cm³/mol. The molecule has 0 saturated heterocycles. The number of nitrogens with one attached hydrogen (secondary N) is 1. The third-order valence-corrected chi connectivity index (χ3v) is 3.12. The van der Waals surface area contributed by atoms with Crippen molar-refractivity contribution in [1.29, 1.82) is 0 Å². The zero-order chi connectivity index (χ0) is 16.1. The minimum atomic E-state index is -0.133. The summed E-state index contributed by atoms with van der Waals surface area (Å²) in [5.74, 6) is 1.04. The number of methoxy groups -OCH3 is 1. The van der Waals surface area contributed by atoms with E-state index in [4.69, 9.17) is 4.74 Å². The van der Waals surface area contributed by atoms with Crippen LogP contribution in [0.5, 0.6) is 5.75 Å². The van der Waals surface area contributed by atoms with E-state index in [-0.39, 0.29) is 12.3 Å². The molecule has 0 unspecified atom stereocenters. The van der Waals surface area contributed by atoms with Gasteiger partial charge in [0.1, 0.15) is 5.75 Å². The third-order valence-electron chi connectivity index (χ3n) is 3.12. The Hall–Kier alpha value is -3.22. The summed E-state index contributed by atoms with van der Waals surface area (Å²) in [4.78, 5) is 20.3. The number of aromatic nitrogens is 4. The fourth-order valence-electron chi connectivity index (χ4n) is 2.08. The maximum Gasteiger partial charge on any atom is 0.250 e. The van der Waals surface area contributed by atoms with Crippen molar-refractivity contribution in [2.24, 2.45) is 0 Å². The van der Waals surface area contributed by atoms with Gasteiger partial charge in [0.25, 0.3) is 0 Å². The lowest BCUT2D eigenvalue weighted by Crippen LogP contribution is -2.14. The number of benzene rings is 1. The van der Waals surface area contributed by atoms with Gasteiger partial charge in [0.2, 0.25) is 11.9 Å². The molecule has 116 valence electrons. The van der Waals surface area contributed by atoms with Gasteiger partial charge in [-0.3, -0.25) is 4.79 Å². The molecular weight excluding hydrogens is 294 g/mol. The fraction of sp³-hybridized carbons (Fsp3) is 0.125. The lowest BCUT2D eigenvalue weighted by molar-refractivity contribution is -0.115. The summed E-state index contributed by atoms with van der Waals surface area (Å²) in [6.45, 7) is 0. The highest BCUT2D eigenvalue weighted by Gasteiger charge is 2.08. The minimum Gasteiger partial charge on any atom is -0.497 e. The standard InChI is InChI=1S/C16H15N5O2/c1-23-14-5-2-4-12(8-14)9-15(22)20-13-10-19-21(11-13)16-17-6-3-7-18-16/h2-8,10-11H,9H2,1H3,(H,20,22). The van der Waals surface area contributed by atoms with Crippen molar-refractivity contribution in [1.82, 2.24) is 19.7 Å². The van der Waals surface area contributed by atoms with Gasteiger partial charge < -0.3 is 10.1 Å². The number of anilines is 1. The van der Waals surface area contributed by atoms with Crippen molar-refractivity contribution >= 4 is 11.6 Å². The highest BCUT2D eigenvalue weighted by atomic mass is 16.5. The summed E-state index contributed by atoms with van der Waals surface area (Å²) >= 11 is 0. The average molecular weight is 309 g/mol. The quantitative estimate of drug-likeness (QED) is 0.778. The van der Waals surface area contributed by atoms with Crippen LogP contribution < -0.4 is 10.1 Å². The Morgan fingerprint density at radius 3 is 2.87 bits per heavy atom. The summed E-state index contributed by atoms with van der Waals surface area (Å²) in [6, 6.07) is 9.13. The Morgan fingerprint density at radius 1 is 1.26 bits per heavy atom. The van der Waals surface area contributed by atoms with Crippen molar-refractivity contribution in [3.63, 3.8) is 0 Å². The predicted octanol–water partition coefficient (Wildman–Crippen LogP) is 1.85. The molecule has 0 fully saturated rings. The molecule has 1 amide bonds. The highest BCUT2D eigenvalue weighted by Crippen LogP contribution is 2.14. The Balaban J connectivity index is 1.65. The van der Waals surface area contributed by atoms with Crippen LogP contribution in [0.4, 0.5) is 5.69 Å². The van der Waals surface area contributed by atoms with E-state index in [0.717, 1.165) is 11.3 Å². The van der Waals surface area contributed by atoms with Crippen LogP contribution in [0.2, 0.25) is 0 Å². The second kappa shape index (κ2) is 6.69. The number of ether oxygens (including phenoxy) is 1. The molecule has 7 nitrogen and oxygen atoms in total. The Bertz CT molecular complexity index is 801. The smallest absolute Gasteiger partial charge is 0.250 e. The van der Waals surface area contributed by atoms with E-state index in [9.17, 15) is 4.79 Å². The van der Waals surface area contributed by atoms with E-state index in [2.05, 4.69) is 20.4 Å². The van der Waals surface area contributed by atoms with Crippen molar-refractivity contribution in [2.45, 2.75) is 6.42 Å². The monoisotopic (exact) mass is 309 g/mol. The molecule has 0 spiro atoms. The summed E-state index contributed by atoms with van der Waals surface area (Å²) in [6.07, 6.45) is 6.74. The van der Waals surface area contributed by atoms with Gasteiger partial charge in [-0.15, -0.1) is 0 Å². The largest absolute Gasteiger partial charge is 0.497 e. The molecule has 0 bridgehead atoms. The number of hydrogen-bond donors (Lipinski definition) is 1. The molecule has 0 atom stereocenters. The Labute approximate surface area is 133 Å². The Morgan fingerprint density at radius 2 is 2.09 bits per heavy atom. The molecule has 2 heterocycles. The number of amides is 1. The molecule has 0 aliphatic heterocycles. The van der Waals surface area contributed by atoms with Gasteiger partial charge >= 0.3 is 0 Å². The lowest BCUT2D eigenvalue weighted by atomic mass is 10.1. The summed E-state index contributed by atoms with van der Waals surface area (Å²) in [7, 11) is 1.60. The number of carbonyl (C=O) groups is 1. The zero-order valence-corrected chi connectivity index (χ0v) is 12.5. The topological polar surface area (TPSA) is 81.9 Å². The first-order valence-corrected chi connectivity index (χ1v) is 6.99. The molecule has 1 aromatic carbocycles. The zero-order valence-electron chi connectivity index (χ0n) is 12.5. The summed E-state index contributed by atoms with van der Waals surface area (Å²) in [5, 5.41) is 6.93. The first kappa shape index (κ1) is 14.7. The van der Waals surface area contributed by atoms with Crippen LogP contribution in [0.15, 0.2) is 55.1 Å². The normalized spacial score (nSPS) is 10.3. The van der Waals surface area contributed by atoms with E-state index < -0.39 is 0 Å². The number of nitrogens with zero attached hydrogens (tertiary/aromatic N) is 4. The van der Waals surface area contributed by atoms with Crippen molar-refractivity contribution in [3.05, 3.63) is 60.7 Å². The van der Waals surface area contributed by atoms with Gasteiger partial charge in [-0.25, -0.2) is 14.6 Å². The molecule has 23 heavy (non-hydrogen) atoms. The first-order valence-electron chi connectivity index (χ1n) is 6.99. The molecule has 0 aliphatic rings. The van der Waals surface area contributed by atoms with Crippen LogP contribution in [0.3, 0.4) is 0 Å². The van der Waals surface area contributed by atoms with Gasteiger partial charge in [-0.05, 0) is 23.8 Å². The van der Waals surface area contributed by atoms with Crippen molar-refractivity contribution in [3.8, 4) is 11.7 Å². The highest BCUT2D eigenvalue weighted by molar-refractivity contribution is 5.92. The summed E-state index contributed by atoms with van der Waals surface area (Å²) in [5.41, 5.74) is 1.46. The number of rotatable bonds is 5. The molecular formula is C16H15N5O2. The fourth-order valence-corrected chi connectivity index (χ4v) is 2.08. The van der Waals surface area contributed by atoms with Gasteiger partial charge in [0, 0.05) is 12.4 Å². The van der Waals surface area contributed by atoms with Gasteiger partial charge in [-0.1, -0.05) is 12.1 Å². The van der Waals surface area contributed by atoms with Gasteiger partial charge in [-0.2, -0.15) is 5.10 Å². The molecule has 0 radical (unpaired) electrons. The summed E-state index contributed by atoms with van der Waals surface area (Å²) < 4.78 is 6.65. The maximum absolute atomic E-state index is 12.1. The van der Waals surface area contributed by atoms with E-state index in [1.807, 2.05) is 24.3 Å². The number of hydrogen-bond acceptors (Lipinski definition) is 5. The lowest BCUT2D eigenvalue weighted by Gasteiger charge is -2.05. The van der Waals surface area contributed by atoms with E-state index in [0.29, 0.717) is 11.6 Å². The van der Waals surface area contributed by atoms with Crippen LogP contribution in [-0.2, 0) is 11.2 Å². The molecule has 0 saturated carbocycles. The van der Waals surface area contributed by atoms with E-state index in [1.165, 1.54) is 4.68 Å². The third kappa shape index (κ3) is 3.70. The second-order valence-electron chi connectivity index (χ2n) is 4.80. The Kier molecular flexibility index (Phi) is 4.28. The SMILES string of the molecule is COc1cccc(CC(=O)Nc2cnn(-c3ncccn3)c2)c1. The van der Waals surface area contributed by atoms with Gasteiger partial charge in [0.15, 0.2) is 0 Å². The number of carbonyl (C=O) groups excluding carboxylic acids is 1. The van der Waals surface area contributed by atoms with Crippen LogP contribution in [0.25, 0.3) is 5.95 Å². The van der Waals surface area contributed by atoms with E-state index >= 15 is 0 Å². The molecule has 2 aromatic heterocycles. The minimum absolute atomic E-state index is 0.133. The molecule has 3 rings (SSSR count). The first-order chi connectivity index (χ1) is 11.2. The molecule has 7 heteroatoms. The van der Waals surface area contributed by atoms with E-state index in [1.54, 1.807) is 38.0 Å². The van der Waals surface area contributed by atoms with Crippen LogP contribution >= 0.6 is 0 Å². The average Bonchev–Trinajstić information content (AvgIpc) is 3.04. The molecule has 0 aliphatic carbocycles. The molecule has 1 N–H and O–H groups in total. The van der Waals surface area contributed by atoms with Crippen LogP contribution in [0.1, 0.15) is 5.56 Å². The van der Waals surface area contributed by atoms with Crippen LogP contribution in [0, 0.1) is 0 Å². The molecule has 3 aromatic rings. The van der Waals surface area contributed by atoms with Crippen molar-refractivity contribution < 1.29 is 9.53 Å². The second-order valence-corrected chi connectivity index (χ2v) is 4.80. The van der Waals surface area contributed by atoms with Gasteiger partial charge in [0.05, 0.1) is 31.6 Å². The maximum atomic E-state index is 12.1. The van der Waals surface area contributed by atoms with Crippen molar-refractivity contribution in [2.75, 3.05) is 12.4 Å².